The monoisotopic (exact) mass is 320 g/mol. The Morgan fingerprint density at radius 3 is 2.74 bits per heavy atom. The Kier molecular flexibility index (Phi) is 6.13. The van der Waals surface area contributed by atoms with Crippen molar-refractivity contribution >= 4 is 6.03 Å². The molecule has 0 radical (unpaired) electrons. The van der Waals surface area contributed by atoms with Gasteiger partial charge in [0.25, 0.3) is 0 Å². The summed E-state index contributed by atoms with van der Waals surface area (Å²) in [6.45, 7) is 2.73. The Bertz CT molecular complexity index is 533. The van der Waals surface area contributed by atoms with E-state index in [0.717, 1.165) is 29.9 Å². The maximum Gasteiger partial charge on any atom is 0.317 e. The van der Waals surface area contributed by atoms with Crippen molar-refractivity contribution in [3.63, 3.8) is 0 Å². The molecule has 2 unspecified atom stereocenters. The molecule has 1 aliphatic carbocycles. The van der Waals surface area contributed by atoms with Crippen LogP contribution in [0.1, 0.15) is 38.2 Å². The predicted octanol–water partition coefficient (Wildman–Crippen LogP) is 3.42. The van der Waals surface area contributed by atoms with Crippen LogP contribution >= 0.6 is 0 Å². The molecule has 1 saturated carbocycles. The molecule has 1 N–H and O–H groups in total. The van der Waals surface area contributed by atoms with Crippen molar-refractivity contribution in [3.05, 3.63) is 23.8 Å². The smallest absolute Gasteiger partial charge is 0.317 e. The van der Waals surface area contributed by atoms with Crippen LogP contribution in [0.2, 0.25) is 0 Å². The number of methoxy groups -OCH3 is 2. The van der Waals surface area contributed by atoms with Crippen LogP contribution in [0.5, 0.6) is 11.5 Å². The SMILES string of the molecule is COc1ccc(OC)c(CN(C)C(=O)NC2CCCC(C)C2)c1. The van der Waals surface area contributed by atoms with Gasteiger partial charge in [-0.15, -0.1) is 0 Å². The van der Waals surface area contributed by atoms with Crippen molar-refractivity contribution in [2.24, 2.45) is 5.92 Å². The van der Waals surface area contributed by atoms with Crippen LogP contribution in [0.25, 0.3) is 0 Å². The van der Waals surface area contributed by atoms with E-state index in [1.54, 1.807) is 26.2 Å². The number of hydrogen-bond donors (Lipinski definition) is 1. The molecule has 0 bridgehead atoms. The van der Waals surface area contributed by atoms with E-state index in [-0.39, 0.29) is 6.03 Å². The highest BCUT2D eigenvalue weighted by Crippen LogP contribution is 2.26. The van der Waals surface area contributed by atoms with Crippen LogP contribution in [0.4, 0.5) is 4.79 Å². The lowest BCUT2D eigenvalue weighted by atomic mass is 9.87. The maximum atomic E-state index is 12.4. The summed E-state index contributed by atoms with van der Waals surface area (Å²) < 4.78 is 10.6. The zero-order valence-electron chi connectivity index (χ0n) is 14.6. The Morgan fingerprint density at radius 2 is 2.09 bits per heavy atom. The van der Waals surface area contributed by atoms with E-state index in [4.69, 9.17) is 9.47 Å². The molecular formula is C18H28N2O3. The summed E-state index contributed by atoms with van der Waals surface area (Å²) in [5, 5.41) is 3.15. The van der Waals surface area contributed by atoms with Crippen LogP contribution in [0.15, 0.2) is 18.2 Å². The second-order valence-electron chi connectivity index (χ2n) is 6.45. The van der Waals surface area contributed by atoms with Gasteiger partial charge in [0.05, 0.1) is 20.8 Å². The molecule has 2 amide bonds. The minimum atomic E-state index is -0.0334. The van der Waals surface area contributed by atoms with Crippen molar-refractivity contribution in [1.82, 2.24) is 10.2 Å². The van der Waals surface area contributed by atoms with Gasteiger partial charge in [-0.05, 0) is 37.0 Å². The van der Waals surface area contributed by atoms with Crippen molar-refractivity contribution in [2.75, 3.05) is 21.3 Å². The molecule has 0 aromatic heterocycles. The second kappa shape index (κ2) is 8.09. The first-order valence-corrected chi connectivity index (χ1v) is 8.26. The van der Waals surface area contributed by atoms with Crippen LogP contribution in [0.3, 0.4) is 0 Å². The van der Waals surface area contributed by atoms with Gasteiger partial charge in [0.15, 0.2) is 0 Å². The van der Waals surface area contributed by atoms with Crippen molar-refractivity contribution in [2.45, 2.75) is 45.2 Å². The normalized spacial score (nSPS) is 20.7. The number of urea groups is 1. The van der Waals surface area contributed by atoms with Crippen LogP contribution in [-0.4, -0.2) is 38.2 Å². The molecule has 1 aliphatic rings. The fourth-order valence-electron chi connectivity index (χ4n) is 3.18. The average Bonchev–Trinajstić information content (AvgIpc) is 2.54. The highest BCUT2D eigenvalue weighted by molar-refractivity contribution is 5.74. The van der Waals surface area contributed by atoms with Crippen LogP contribution < -0.4 is 14.8 Å². The molecule has 5 heteroatoms. The zero-order valence-corrected chi connectivity index (χ0v) is 14.6. The summed E-state index contributed by atoms with van der Waals surface area (Å²) in [5.41, 5.74) is 0.932. The number of hydrogen-bond acceptors (Lipinski definition) is 3. The van der Waals surface area contributed by atoms with E-state index in [1.165, 1.54) is 12.8 Å². The first kappa shape index (κ1) is 17.4. The molecule has 0 spiro atoms. The third-order valence-corrected chi connectivity index (χ3v) is 4.51. The zero-order chi connectivity index (χ0) is 16.8. The molecule has 23 heavy (non-hydrogen) atoms. The molecule has 2 rings (SSSR count). The molecule has 0 saturated heterocycles. The predicted molar refractivity (Wildman–Crippen MR) is 91.0 cm³/mol. The molecule has 2 atom stereocenters. The largest absolute Gasteiger partial charge is 0.497 e. The van der Waals surface area contributed by atoms with Gasteiger partial charge in [-0.3, -0.25) is 0 Å². The molecule has 1 aromatic rings. The summed E-state index contributed by atoms with van der Waals surface area (Å²) in [7, 11) is 5.07. The number of carbonyl (C=O) groups excluding carboxylic acids is 1. The van der Waals surface area contributed by atoms with Crippen LogP contribution in [0, 0.1) is 5.92 Å². The first-order valence-electron chi connectivity index (χ1n) is 8.26. The van der Waals surface area contributed by atoms with E-state index < -0.39 is 0 Å². The molecular weight excluding hydrogens is 292 g/mol. The molecule has 5 nitrogen and oxygen atoms in total. The summed E-state index contributed by atoms with van der Waals surface area (Å²) in [6, 6.07) is 5.88. The van der Waals surface area contributed by atoms with Crippen molar-refractivity contribution in [3.8, 4) is 11.5 Å². The second-order valence-corrected chi connectivity index (χ2v) is 6.45. The van der Waals surface area contributed by atoms with E-state index in [1.807, 2.05) is 18.2 Å². The van der Waals surface area contributed by atoms with Crippen LogP contribution in [-0.2, 0) is 6.54 Å². The Balaban J connectivity index is 1.97. The maximum absolute atomic E-state index is 12.4. The minimum absolute atomic E-state index is 0.0334. The summed E-state index contributed by atoms with van der Waals surface area (Å²) in [6.07, 6.45) is 4.61. The highest BCUT2D eigenvalue weighted by atomic mass is 16.5. The van der Waals surface area contributed by atoms with Crippen molar-refractivity contribution in [1.29, 1.82) is 0 Å². The molecule has 128 valence electrons. The summed E-state index contributed by atoms with van der Waals surface area (Å²) in [5.74, 6) is 2.21. The third kappa shape index (κ3) is 4.78. The number of nitrogens with zero attached hydrogens (tertiary/aromatic N) is 1. The lowest BCUT2D eigenvalue weighted by Gasteiger charge is -2.29. The molecule has 0 aliphatic heterocycles. The minimum Gasteiger partial charge on any atom is -0.497 e. The van der Waals surface area contributed by atoms with Gasteiger partial charge in [-0.1, -0.05) is 19.8 Å². The van der Waals surface area contributed by atoms with Gasteiger partial charge in [-0.2, -0.15) is 0 Å². The standard InChI is InChI=1S/C18H28N2O3/c1-13-6-5-7-15(10-13)19-18(21)20(2)12-14-11-16(22-3)8-9-17(14)23-4/h8-9,11,13,15H,5-7,10,12H2,1-4H3,(H,19,21). The van der Waals surface area contributed by atoms with E-state index >= 15 is 0 Å². The van der Waals surface area contributed by atoms with Gasteiger partial charge in [0.2, 0.25) is 0 Å². The fraction of sp³-hybridized carbons (Fsp3) is 0.611. The van der Waals surface area contributed by atoms with E-state index in [2.05, 4.69) is 12.2 Å². The Morgan fingerprint density at radius 1 is 1.30 bits per heavy atom. The van der Waals surface area contributed by atoms with E-state index in [9.17, 15) is 4.79 Å². The Hall–Kier alpha value is -1.91. The number of amides is 2. The van der Waals surface area contributed by atoms with Gasteiger partial charge in [0, 0.05) is 18.7 Å². The lowest BCUT2D eigenvalue weighted by Crippen LogP contribution is -2.44. The van der Waals surface area contributed by atoms with Crippen molar-refractivity contribution < 1.29 is 14.3 Å². The number of rotatable bonds is 5. The van der Waals surface area contributed by atoms with Gasteiger partial charge < -0.3 is 19.7 Å². The van der Waals surface area contributed by atoms with Gasteiger partial charge in [0.1, 0.15) is 11.5 Å². The molecule has 0 heterocycles. The topological polar surface area (TPSA) is 50.8 Å². The van der Waals surface area contributed by atoms with Gasteiger partial charge >= 0.3 is 6.03 Å². The molecule has 1 aromatic carbocycles. The number of benzene rings is 1. The number of ether oxygens (including phenoxy) is 2. The Labute approximate surface area is 139 Å². The lowest BCUT2D eigenvalue weighted by molar-refractivity contribution is 0.194. The number of carbonyl (C=O) groups is 1. The highest BCUT2D eigenvalue weighted by Gasteiger charge is 2.22. The first-order chi connectivity index (χ1) is 11.0. The molecule has 1 fully saturated rings. The fourth-order valence-corrected chi connectivity index (χ4v) is 3.18. The summed E-state index contributed by atoms with van der Waals surface area (Å²) >= 11 is 0. The average molecular weight is 320 g/mol. The summed E-state index contributed by atoms with van der Waals surface area (Å²) in [4.78, 5) is 14.1. The quantitative estimate of drug-likeness (QED) is 0.904. The third-order valence-electron chi connectivity index (χ3n) is 4.51. The van der Waals surface area contributed by atoms with Gasteiger partial charge in [-0.25, -0.2) is 4.79 Å². The number of nitrogens with one attached hydrogen (secondary N) is 1. The van der Waals surface area contributed by atoms with E-state index in [0.29, 0.717) is 18.5 Å².